The highest BCUT2D eigenvalue weighted by atomic mass is 32.2. The van der Waals surface area contributed by atoms with Gasteiger partial charge in [-0.25, -0.2) is 18.1 Å². The Morgan fingerprint density at radius 2 is 2.32 bits per heavy atom. The van der Waals surface area contributed by atoms with Crippen LogP contribution in [-0.2, 0) is 23.1 Å². The summed E-state index contributed by atoms with van der Waals surface area (Å²) in [5.41, 5.74) is 0. The normalized spacial score (nSPS) is 11.8. The first kappa shape index (κ1) is 14.1. The monoisotopic (exact) mass is 302 g/mol. The average Bonchev–Trinajstić information content (AvgIpc) is 3.05. The lowest BCUT2D eigenvalue weighted by molar-refractivity contribution is 0.282. The molecule has 2 aromatic heterocycles. The van der Waals surface area contributed by atoms with E-state index in [-0.39, 0.29) is 11.5 Å². The quantitative estimate of drug-likeness (QED) is 0.636. The van der Waals surface area contributed by atoms with Crippen LogP contribution in [0.5, 0.6) is 0 Å². The summed E-state index contributed by atoms with van der Waals surface area (Å²) in [5.74, 6) is 0.728. The molecule has 104 valence electrons. The third-order valence-electron chi connectivity index (χ3n) is 2.49. The zero-order valence-electron chi connectivity index (χ0n) is 10.0. The van der Waals surface area contributed by atoms with Crippen LogP contribution in [0.4, 0.5) is 0 Å². The number of thiophene rings is 1. The van der Waals surface area contributed by atoms with E-state index in [0.717, 1.165) is 5.82 Å². The number of nitrogens with zero attached hydrogens (tertiary/aromatic N) is 2. The zero-order valence-corrected chi connectivity index (χ0v) is 11.7. The van der Waals surface area contributed by atoms with E-state index >= 15 is 0 Å². The van der Waals surface area contributed by atoms with Crippen LogP contribution in [0.15, 0.2) is 22.7 Å². The highest BCUT2D eigenvalue weighted by Gasteiger charge is 2.18. The lowest BCUT2D eigenvalue weighted by Gasteiger charge is -2.06. The van der Waals surface area contributed by atoms with Crippen LogP contribution in [0.3, 0.4) is 0 Å². The Hall–Kier alpha value is -1.29. The standard InChI is InChI=1S/C10H14N4O3S2/c15-6-8-9(3-5-18-8)19(16,17)13-4-1-2-10-11-7-12-14-10/h3,5,7,13,15H,1-2,4,6H2,(H,11,12,14). The van der Waals surface area contributed by atoms with Gasteiger partial charge in [0.15, 0.2) is 0 Å². The molecule has 2 heterocycles. The maximum absolute atomic E-state index is 12.0. The molecule has 0 saturated carbocycles. The highest BCUT2D eigenvalue weighted by molar-refractivity contribution is 7.89. The average molecular weight is 302 g/mol. The van der Waals surface area contributed by atoms with E-state index in [1.54, 1.807) is 5.38 Å². The van der Waals surface area contributed by atoms with Crippen molar-refractivity contribution in [1.29, 1.82) is 0 Å². The number of aryl methyl sites for hydroxylation is 1. The Bertz CT molecular complexity index is 607. The topological polar surface area (TPSA) is 108 Å². The summed E-state index contributed by atoms with van der Waals surface area (Å²) in [7, 11) is -3.55. The summed E-state index contributed by atoms with van der Waals surface area (Å²) in [6, 6.07) is 1.50. The number of hydrogen-bond acceptors (Lipinski definition) is 6. The molecule has 0 aromatic carbocycles. The number of sulfonamides is 1. The Morgan fingerprint density at radius 3 is 3.00 bits per heavy atom. The van der Waals surface area contributed by atoms with E-state index in [0.29, 0.717) is 24.3 Å². The fourth-order valence-corrected chi connectivity index (χ4v) is 3.94. The first-order valence-electron chi connectivity index (χ1n) is 5.64. The fraction of sp³-hybridized carbons (Fsp3) is 0.400. The molecule has 0 amide bonds. The van der Waals surface area contributed by atoms with Gasteiger partial charge in [-0.05, 0) is 17.9 Å². The number of aromatic nitrogens is 3. The number of aromatic amines is 1. The van der Waals surface area contributed by atoms with Gasteiger partial charge in [-0.15, -0.1) is 11.3 Å². The summed E-state index contributed by atoms with van der Waals surface area (Å²) < 4.78 is 26.5. The van der Waals surface area contributed by atoms with Crippen molar-refractivity contribution in [2.45, 2.75) is 24.3 Å². The molecule has 0 aliphatic heterocycles. The van der Waals surface area contributed by atoms with Crippen LogP contribution in [-0.4, -0.2) is 35.3 Å². The van der Waals surface area contributed by atoms with Crippen molar-refractivity contribution in [3.63, 3.8) is 0 Å². The van der Waals surface area contributed by atoms with E-state index in [4.69, 9.17) is 5.11 Å². The first-order valence-corrected chi connectivity index (χ1v) is 8.01. The van der Waals surface area contributed by atoms with Crippen LogP contribution in [0.1, 0.15) is 17.1 Å². The largest absolute Gasteiger partial charge is 0.391 e. The van der Waals surface area contributed by atoms with Gasteiger partial charge in [0.2, 0.25) is 10.0 Å². The molecule has 0 radical (unpaired) electrons. The van der Waals surface area contributed by atoms with Crippen molar-refractivity contribution in [2.24, 2.45) is 0 Å². The maximum Gasteiger partial charge on any atom is 0.241 e. The first-order chi connectivity index (χ1) is 9.13. The molecule has 0 spiro atoms. The van der Waals surface area contributed by atoms with Crippen LogP contribution < -0.4 is 4.72 Å². The van der Waals surface area contributed by atoms with E-state index in [1.807, 2.05) is 0 Å². The SMILES string of the molecule is O=S(=O)(NCCCc1ncn[nH]1)c1ccsc1CO. The van der Waals surface area contributed by atoms with Gasteiger partial charge >= 0.3 is 0 Å². The van der Waals surface area contributed by atoms with Crippen molar-refractivity contribution in [3.05, 3.63) is 28.5 Å². The van der Waals surface area contributed by atoms with E-state index in [1.165, 1.54) is 23.7 Å². The summed E-state index contributed by atoms with van der Waals surface area (Å²) >= 11 is 1.22. The van der Waals surface area contributed by atoms with Crippen molar-refractivity contribution in [2.75, 3.05) is 6.54 Å². The second kappa shape index (κ2) is 6.24. The summed E-state index contributed by atoms with van der Waals surface area (Å²) in [4.78, 5) is 4.55. The summed E-state index contributed by atoms with van der Waals surface area (Å²) in [6.45, 7) is 0.0374. The van der Waals surface area contributed by atoms with Crippen LogP contribution in [0, 0.1) is 0 Å². The predicted octanol–water partition coefficient (Wildman–Crippen LogP) is 0.270. The Kier molecular flexibility index (Phi) is 4.64. The van der Waals surface area contributed by atoms with Gasteiger partial charge in [0.25, 0.3) is 0 Å². The van der Waals surface area contributed by atoms with Crippen molar-refractivity contribution in [1.82, 2.24) is 19.9 Å². The summed E-state index contributed by atoms with van der Waals surface area (Å²) in [5, 5.41) is 17.1. The van der Waals surface area contributed by atoms with Gasteiger partial charge in [-0.3, -0.25) is 5.10 Å². The molecular weight excluding hydrogens is 288 g/mol. The van der Waals surface area contributed by atoms with Crippen LogP contribution >= 0.6 is 11.3 Å². The number of aliphatic hydroxyl groups excluding tert-OH is 1. The van der Waals surface area contributed by atoms with E-state index in [2.05, 4.69) is 19.9 Å². The molecule has 0 atom stereocenters. The molecule has 19 heavy (non-hydrogen) atoms. The Labute approximate surface area is 114 Å². The lowest BCUT2D eigenvalue weighted by Crippen LogP contribution is -2.25. The molecule has 7 nitrogen and oxygen atoms in total. The van der Waals surface area contributed by atoms with Crippen molar-refractivity contribution in [3.8, 4) is 0 Å². The molecule has 0 fully saturated rings. The molecule has 0 bridgehead atoms. The molecule has 0 saturated heterocycles. The molecule has 3 N–H and O–H groups in total. The lowest BCUT2D eigenvalue weighted by atomic mass is 10.3. The molecule has 9 heteroatoms. The minimum atomic E-state index is -3.55. The van der Waals surface area contributed by atoms with Crippen molar-refractivity contribution < 1.29 is 13.5 Å². The minimum Gasteiger partial charge on any atom is -0.391 e. The van der Waals surface area contributed by atoms with Gasteiger partial charge < -0.3 is 5.11 Å². The third kappa shape index (κ3) is 3.60. The van der Waals surface area contributed by atoms with Gasteiger partial charge in [0.05, 0.1) is 11.5 Å². The predicted molar refractivity (Wildman–Crippen MR) is 70.1 cm³/mol. The Morgan fingerprint density at radius 1 is 1.47 bits per heavy atom. The van der Waals surface area contributed by atoms with Gasteiger partial charge in [-0.2, -0.15) is 5.10 Å². The van der Waals surface area contributed by atoms with Gasteiger partial charge in [-0.1, -0.05) is 0 Å². The number of hydrogen-bond donors (Lipinski definition) is 3. The number of rotatable bonds is 7. The third-order valence-corrected chi connectivity index (χ3v) is 5.07. The number of nitrogens with one attached hydrogen (secondary N) is 2. The second-order valence-electron chi connectivity index (χ2n) is 3.80. The van der Waals surface area contributed by atoms with Crippen LogP contribution in [0.25, 0.3) is 0 Å². The molecule has 0 aliphatic carbocycles. The Balaban J connectivity index is 1.88. The molecule has 2 rings (SSSR count). The number of H-pyrrole nitrogens is 1. The smallest absolute Gasteiger partial charge is 0.241 e. The maximum atomic E-state index is 12.0. The molecule has 0 unspecified atom stereocenters. The van der Waals surface area contributed by atoms with E-state index < -0.39 is 10.0 Å². The zero-order chi connectivity index (χ0) is 13.7. The van der Waals surface area contributed by atoms with Crippen molar-refractivity contribution >= 4 is 21.4 Å². The van der Waals surface area contributed by atoms with Gasteiger partial charge in [0.1, 0.15) is 12.2 Å². The summed E-state index contributed by atoms with van der Waals surface area (Å²) in [6.07, 6.45) is 2.66. The second-order valence-corrected chi connectivity index (χ2v) is 6.54. The minimum absolute atomic E-state index is 0.152. The highest BCUT2D eigenvalue weighted by Crippen LogP contribution is 2.21. The fourth-order valence-electron chi connectivity index (χ4n) is 1.57. The molecular formula is C10H14N4O3S2. The molecule has 0 aliphatic rings. The van der Waals surface area contributed by atoms with E-state index in [9.17, 15) is 8.42 Å². The van der Waals surface area contributed by atoms with Crippen LogP contribution in [0.2, 0.25) is 0 Å². The number of aliphatic hydroxyl groups is 1. The molecule has 2 aromatic rings. The van der Waals surface area contributed by atoms with Gasteiger partial charge in [0, 0.05) is 17.8 Å².